The molecule has 1 N–H and O–H groups in total. The van der Waals surface area contributed by atoms with Gasteiger partial charge in [-0.1, -0.05) is 88.7 Å². The predicted molar refractivity (Wildman–Crippen MR) is 263 cm³/mol. The number of aryl methyl sites for hydroxylation is 4. The van der Waals surface area contributed by atoms with Crippen LogP contribution in [0, 0.1) is 23.7 Å². The molecule has 0 unspecified atom stereocenters. The van der Waals surface area contributed by atoms with Gasteiger partial charge in [0.1, 0.15) is 0 Å². The number of aromatic nitrogens is 2. The number of carbonyl (C=O) groups is 1. The van der Waals surface area contributed by atoms with Crippen LogP contribution in [0.3, 0.4) is 0 Å². The van der Waals surface area contributed by atoms with Crippen molar-refractivity contribution in [2.75, 3.05) is 26.2 Å². The molecule has 0 radical (unpaired) electrons. The topological polar surface area (TPSA) is 58.1 Å². The molecule has 1 saturated carbocycles. The van der Waals surface area contributed by atoms with Crippen LogP contribution in [-0.4, -0.2) is 47.0 Å². The maximum atomic E-state index is 13.2. The van der Waals surface area contributed by atoms with Crippen molar-refractivity contribution in [2.24, 2.45) is 23.7 Å². The van der Waals surface area contributed by atoms with Crippen LogP contribution < -0.4 is 5.32 Å². The van der Waals surface area contributed by atoms with Crippen molar-refractivity contribution >= 4 is 92.8 Å². The number of nitrogens with zero attached hydrogens (tertiary/aromatic N) is 3. The Bertz CT molecular complexity index is 2150. The van der Waals surface area contributed by atoms with E-state index in [1.165, 1.54) is 89.7 Å². The fourth-order valence-corrected chi connectivity index (χ4v) is 13.9. The highest BCUT2D eigenvalue weighted by Gasteiger charge is 2.37. The molecule has 0 bridgehead atoms. The quantitative estimate of drug-likeness (QED) is 0.216. The number of rotatable bonds is 5. The van der Waals surface area contributed by atoms with Gasteiger partial charge in [0.05, 0.1) is 11.4 Å². The molecule has 9 rings (SSSR count). The summed E-state index contributed by atoms with van der Waals surface area (Å²) in [6.07, 6.45) is 19.4. The Morgan fingerprint density at radius 1 is 0.650 bits per heavy atom. The number of piperidine rings is 2. The molecule has 322 valence electrons. The number of likely N-dealkylation sites (tertiary alicyclic amines) is 1. The van der Waals surface area contributed by atoms with Gasteiger partial charge in [-0.05, 0) is 203 Å². The molecule has 3 aliphatic carbocycles. The van der Waals surface area contributed by atoms with Crippen molar-refractivity contribution in [2.45, 2.75) is 116 Å². The summed E-state index contributed by atoms with van der Waals surface area (Å²) in [4.78, 5) is 25.2. The van der Waals surface area contributed by atoms with E-state index in [4.69, 9.17) is 33.2 Å². The molecule has 0 spiro atoms. The Morgan fingerprint density at radius 2 is 1.10 bits per heavy atom. The van der Waals surface area contributed by atoms with E-state index in [0.29, 0.717) is 29.6 Å². The lowest BCUT2D eigenvalue weighted by Gasteiger charge is -2.38. The van der Waals surface area contributed by atoms with Gasteiger partial charge in [0.2, 0.25) is 5.91 Å². The highest BCUT2D eigenvalue weighted by Crippen LogP contribution is 2.48. The lowest BCUT2D eigenvalue weighted by molar-refractivity contribution is -0.134. The van der Waals surface area contributed by atoms with Crippen molar-refractivity contribution in [3.05, 3.63) is 121 Å². The second-order valence-corrected chi connectivity index (χ2v) is 22.0. The zero-order valence-electron chi connectivity index (χ0n) is 33.8. The highest BCUT2D eigenvalue weighted by atomic mass is 79.9. The molecule has 2 aliphatic heterocycles. The van der Waals surface area contributed by atoms with Crippen LogP contribution in [0.2, 0.25) is 10.0 Å². The normalized spacial score (nSPS) is 23.0. The van der Waals surface area contributed by atoms with E-state index < -0.39 is 0 Å². The van der Waals surface area contributed by atoms with Gasteiger partial charge < -0.3 is 10.2 Å². The summed E-state index contributed by atoms with van der Waals surface area (Å²) >= 11 is 27.7. The number of fused-ring (bicyclic) bond motifs is 4. The molecule has 5 aliphatic rings. The van der Waals surface area contributed by atoms with Crippen LogP contribution in [0.5, 0.6) is 0 Å². The van der Waals surface area contributed by atoms with Crippen LogP contribution >= 0.6 is 86.9 Å². The average Bonchev–Trinajstić information content (AvgIpc) is 3.49. The smallest absolute Gasteiger partial charge is 0.222 e. The van der Waals surface area contributed by atoms with Gasteiger partial charge in [-0.3, -0.25) is 14.8 Å². The van der Waals surface area contributed by atoms with E-state index in [1.54, 1.807) is 0 Å². The van der Waals surface area contributed by atoms with E-state index in [-0.39, 0.29) is 13.3 Å². The first kappa shape index (κ1) is 46.7. The number of benzene rings is 2. The van der Waals surface area contributed by atoms with Gasteiger partial charge in [0.25, 0.3) is 0 Å². The maximum absolute atomic E-state index is 13.2. The Kier molecular flexibility index (Phi) is 16.4. The van der Waals surface area contributed by atoms with Crippen LogP contribution in [0.25, 0.3) is 0 Å². The minimum absolute atomic E-state index is 0. The second-order valence-electron chi connectivity index (χ2n) is 17.6. The summed E-state index contributed by atoms with van der Waals surface area (Å²) in [6, 6.07) is 12.8. The molecular formula is C49H58Br4Cl2N4O. The van der Waals surface area contributed by atoms with E-state index in [2.05, 4.69) is 105 Å². The highest BCUT2D eigenvalue weighted by molar-refractivity contribution is 9.11. The minimum Gasteiger partial charge on any atom is -0.343 e. The molecule has 1 amide bonds. The van der Waals surface area contributed by atoms with E-state index in [0.717, 1.165) is 105 Å². The Labute approximate surface area is 401 Å². The molecular weight excluding hydrogens is 1050 g/mol. The number of halogens is 6. The Morgan fingerprint density at radius 3 is 1.58 bits per heavy atom. The monoisotopic (exact) mass is 1100 g/mol. The van der Waals surface area contributed by atoms with Gasteiger partial charge in [-0.15, -0.1) is 0 Å². The first-order valence-electron chi connectivity index (χ1n) is 21.8. The fourth-order valence-electron chi connectivity index (χ4n) is 10.9. The zero-order chi connectivity index (χ0) is 41.2. The number of nitrogens with one attached hydrogen (secondary N) is 1. The zero-order valence-corrected chi connectivity index (χ0v) is 41.7. The third kappa shape index (κ3) is 10.6. The van der Waals surface area contributed by atoms with Crippen molar-refractivity contribution in [1.82, 2.24) is 20.2 Å². The van der Waals surface area contributed by atoms with Crippen molar-refractivity contribution in [3.8, 4) is 0 Å². The van der Waals surface area contributed by atoms with Gasteiger partial charge in [-0.2, -0.15) is 0 Å². The first-order valence-corrected chi connectivity index (χ1v) is 25.7. The summed E-state index contributed by atoms with van der Waals surface area (Å²) in [5.74, 6) is 3.50. The minimum atomic E-state index is 0. The van der Waals surface area contributed by atoms with Crippen molar-refractivity contribution < 1.29 is 4.79 Å². The summed E-state index contributed by atoms with van der Waals surface area (Å²) in [5, 5.41) is 5.08. The summed E-state index contributed by atoms with van der Waals surface area (Å²) in [6.45, 7) is 6.20. The molecule has 2 saturated heterocycles. The Balaban J connectivity index is 0.000000191. The third-order valence-corrected chi connectivity index (χ3v) is 16.7. The molecule has 2 aromatic heterocycles. The Hall–Kier alpha value is -1.33. The lowest BCUT2D eigenvalue weighted by atomic mass is 9.76. The first-order chi connectivity index (χ1) is 28.6. The molecule has 5 nitrogen and oxygen atoms in total. The molecule has 60 heavy (non-hydrogen) atoms. The molecule has 11 heteroatoms. The van der Waals surface area contributed by atoms with Gasteiger partial charge in [0, 0.05) is 71.7 Å². The predicted octanol–water partition coefficient (Wildman–Crippen LogP) is 14.5. The van der Waals surface area contributed by atoms with Crippen LogP contribution in [0.4, 0.5) is 0 Å². The number of amides is 1. The van der Waals surface area contributed by atoms with Gasteiger partial charge in [0.15, 0.2) is 0 Å². The van der Waals surface area contributed by atoms with Gasteiger partial charge in [-0.25, -0.2) is 0 Å². The lowest BCUT2D eigenvalue weighted by Crippen LogP contribution is -2.41. The van der Waals surface area contributed by atoms with Crippen molar-refractivity contribution in [1.29, 1.82) is 0 Å². The van der Waals surface area contributed by atoms with Gasteiger partial charge >= 0.3 is 0 Å². The third-order valence-electron chi connectivity index (χ3n) is 14.1. The van der Waals surface area contributed by atoms with Crippen LogP contribution in [0.15, 0.2) is 66.7 Å². The van der Waals surface area contributed by atoms with Crippen LogP contribution in [0.1, 0.15) is 135 Å². The summed E-state index contributed by atoms with van der Waals surface area (Å²) in [7, 11) is 0. The summed E-state index contributed by atoms with van der Waals surface area (Å²) < 4.78 is 4.31. The molecule has 3 fully saturated rings. The summed E-state index contributed by atoms with van der Waals surface area (Å²) in [5.41, 5.74) is 10.6. The average molecular weight is 1110 g/mol. The molecule has 2 aromatic carbocycles. The SMILES string of the molecule is C.CCC1CCC(CC(=O)N2CCC([C@H]3c4ncc(Br)cc4CCc4cc(Cl)cc(Br)c43)CC2)CC1.Clc1cc(Br)c2c(c1)CCc1cc(Br)cnc1[C@@H]2C1CCNCC1. The van der Waals surface area contributed by atoms with E-state index in [9.17, 15) is 4.79 Å². The molecule has 4 aromatic rings. The van der Waals surface area contributed by atoms with Crippen molar-refractivity contribution in [3.63, 3.8) is 0 Å². The maximum Gasteiger partial charge on any atom is 0.222 e. The van der Waals surface area contributed by atoms with Crippen LogP contribution in [-0.2, 0) is 30.5 Å². The number of hydrogen-bond acceptors (Lipinski definition) is 4. The molecule has 4 heterocycles. The standard InChI is InChI=1S/C29H35Br2ClN2O.C19H19Br2ClN2.CH4/c1-2-18-3-5-19(6-4-18)13-26(35)34-11-9-20(10-12-34)28-27-21(15-24(32)16-25(27)31)7-8-22-14-23(30)17-33-29(22)28;20-14-7-13-2-1-12-8-15(22)9-16(21)17(12)18(19(13)24-10-14)11-3-5-23-6-4-11;/h14-20,28H,2-13H2,1H3;7-11,18,23H,1-6H2;1H4/t18?,19?,28-;18-;/m11./s1. The number of pyridine rings is 2. The largest absolute Gasteiger partial charge is 0.343 e. The molecule has 2 atom stereocenters. The number of hydrogen-bond donors (Lipinski definition) is 1. The van der Waals surface area contributed by atoms with E-state index >= 15 is 0 Å². The fraction of sp³-hybridized carbons (Fsp3) is 0.531. The van der Waals surface area contributed by atoms with E-state index in [1.807, 2.05) is 24.5 Å². The second kappa shape index (κ2) is 21.1. The number of carbonyl (C=O) groups excluding carboxylic acids is 1.